The molecule has 0 aromatic heterocycles. The number of nitrogens with one attached hydrogen (secondary N) is 1. The van der Waals surface area contributed by atoms with Crippen LogP contribution in [0.4, 0.5) is 0 Å². The average molecular weight is 389 g/mol. The molecule has 0 aliphatic carbocycles. The summed E-state index contributed by atoms with van der Waals surface area (Å²) in [7, 11) is -3.30. The number of sulfonamides is 1. The number of hydrogen-bond acceptors (Lipinski definition) is 4. The third-order valence-corrected chi connectivity index (χ3v) is 6.09. The highest BCUT2D eigenvalue weighted by molar-refractivity contribution is 7.88. The number of nitrogens with zero attached hydrogens (tertiary/aromatic N) is 1. The molecule has 146 valence electrons. The minimum Gasteiger partial charge on any atom is -0.371 e. The molecule has 0 spiro atoms. The van der Waals surface area contributed by atoms with E-state index in [-0.39, 0.29) is 11.9 Å². The number of morpholine rings is 1. The predicted molar refractivity (Wildman–Crippen MR) is 108 cm³/mol. The van der Waals surface area contributed by atoms with Crippen molar-refractivity contribution in [1.82, 2.24) is 9.62 Å². The SMILES string of the molecule is Cc1cccc(CS(=O)(=O)NCCCN2CCOC(c3ccccc3)C2)c1. The lowest BCUT2D eigenvalue weighted by atomic mass is 10.1. The zero-order chi connectivity index (χ0) is 19.1. The Kier molecular flexibility index (Phi) is 7.01. The highest BCUT2D eigenvalue weighted by Gasteiger charge is 2.21. The van der Waals surface area contributed by atoms with Crippen LogP contribution in [0.5, 0.6) is 0 Å². The Labute approximate surface area is 162 Å². The van der Waals surface area contributed by atoms with E-state index in [9.17, 15) is 8.42 Å². The Morgan fingerprint density at radius 3 is 2.74 bits per heavy atom. The van der Waals surface area contributed by atoms with Crippen LogP contribution in [0.2, 0.25) is 0 Å². The second-order valence-electron chi connectivity index (χ2n) is 7.07. The van der Waals surface area contributed by atoms with Crippen LogP contribution in [0.3, 0.4) is 0 Å². The van der Waals surface area contributed by atoms with Gasteiger partial charge in [-0.2, -0.15) is 0 Å². The van der Waals surface area contributed by atoms with Crippen LogP contribution in [0.1, 0.15) is 29.2 Å². The molecule has 0 saturated carbocycles. The smallest absolute Gasteiger partial charge is 0.215 e. The number of aryl methyl sites for hydroxylation is 1. The van der Waals surface area contributed by atoms with E-state index in [0.29, 0.717) is 13.2 Å². The monoisotopic (exact) mass is 388 g/mol. The minimum absolute atomic E-state index is 0.0301. The van der Waals surface area contributed by atoms with E-state index in [2.05, 4.69) is 21.8 Å². The molecule has 0 bridgehead atoms. The van der Waals surface area contributed by atoms with Crippen LogP contribution in [-0.2, 0) is 20.5 Å². The van der Waals surface area contributed by atoms with E-state index < -0.39 is 10.0 Å². The summed E-state index contributed by atoms with van der Waals surface area (Å²) < 4.78 is 33.1. The van der Waals surface area contributed by atoms with Crippen LogP contribution in [0, 0.1) is 6.92 Å². The molecule has 1 aliphatic heterocycles. The molecule has 5 nitrogen and oxygen atoms in total. The fourth-order valence-electron chi connectivity index (χ4n) is 3.38. The number of benzene rings is 2. The van der Waals surface area contributed by atoms with E-state index in [1.165, 1.54) is 5.56 Å². The number of ether oxygens (including phenoxy) is 1. The standard InChI is InChI=1S/C21H28N2O3S/c1-18-7-5-8-19(15-18)17-27(24,25)22-11-6-12-23-13-14-26-21(16-23)20-9-3-2-4-10-20/h2-5,7-10,15,21-22H,6,11-14,16-17H2,1H3. The summed E-state index contributed by atoms with van der Waals surface area (Å²) in [5.41, 5.74) is 3.09. The first-order valence-corrected chi connectivity index (χ1v) is 11.1. The van der Waals surface area contributed by atoms with Gasteiger partial charge in [0.2, 0.25) is 10.0 Å². The highest BCUT2D eigenvalue weighted by atomic mass is 32.2. The zero-order valence-corrected chi connectivity index (χ0v) is 16.6. The Hall–Kier alpha value is -1.73. The second kappa shape index (κ2) is 9.46. The van der Waals surface area contributed by atoms with Gasteiger partial charge in [-0.3, -0.25) is 4.90 Å². The van der Waals surface area contributed by atoms with Gasteiger partial charge in [0.25, 0.3) is 0 Å². The first-order valence-electron chi connectivity index (χ1n) is 9.44. The van der Waals surface area contributed by atoms with Crippen molar-refractivity contribution in [3.63, 3.8) is 0 Å². The van der Waals surface area contributed by atoms with Crippen molar-refractivity contribution >= 4 is 10.0 Å². The van der Waals surface area contributed by atoms with Gasteiger partial charge in [0.15, 0.2) is 0 Å². The van der Waals surface area contributed by atoms with Crippen molar-refractivity contribution in [3.05, 3.63) is 71.3 Å². The molecular formula is C21H28N2O3S. The van der Waals surface area contributed by atoms with Crippen molar-refractivity contribution in [2.75, 3.05) is 32.8 Å². The molecule has 1 aliphatic rings. The molecule has 1 N–H and O–H groups in total. The van der Waals surface area contributed by atoms with E-state index in [4.69, 9.17) is 4.74 Å². The van der Waals surface area contributed by atoms with Gasteiger partial charge >= 0.3 is 0 Å². The summed E-state index contributed by atoms with van der Waals surface area (Å²) in [5.74, 6) is 0.0301. The van der Waals surface area contributed by atoms with Gasteiger partial charge in [-0.1, -0.05) is 60.2 Å². The quantitative estimate of drug-likeness (QED) is 0.707. The fourth-order valence-corrected chi connectivity index (χ4v) is 4.55. The predicted octanol–water partition coefficient (Wildman–Crippen LogP) is 2.88. The molecule has 0 amide bonds. The Balaban J connectivity index is 1.41. The lowest BCUT2D eigenvalue weighted by Crippen LogP contribution is -2.39. The lowest BCUT2D eigenvalue weighted by Gasteiger charge is -2.33. The average Bonchev–Trinajstić information content (AvgIpc) is 2.66. The summed E-state index contributed by atoms with van der Waals surface area (Å²) in [6.45, 7) is 5.73. The van der Waals surface area contributed by atoms with E-state index in [1.54, 1.807) is 0 Å². The van der Waals surface area contributed by atoms with Crippen molar-refractivity contribution in [3.8, 4) is 0 Å². The Morgan fingerprint density at radius 1 is 1.15 bits per heavy atom. The second-order valence-corrected chi connectivity index (χ2v) is 8.87. The van der Waals surface area contributed by atoms with E-state index in [1.807, 2.05) is 49.4 Å². The molecule has 0 radical (unpaired) electrons. The normalized spacial score (nSPS) is 18.5. The van der Waals surface area contributed by atoms with Crippen molar-refractivity contribution in [2.24, 2.45) is 0 Å². The molecule has 2 aromatic carbocycles. The van der Waals surface area contributed by atoms with Gasteiger partial charge in [0.05, 0.1) is 18.5 Å². The minimum atomic E-state index is -3.30. The van der Waals surface area contributed by atoms with Crippen molar-refractivity contribution in [1.29, 1.82) is 0 Å². The van der Waals surface area contributed by atoms with Crippen molar-refractivity contribution < 1.29 is 13.2 Å². The van der Waals surface area contributed by atoms with E-state index >= 15 is 0 Å². The van der Waals surface area contributed by atoms with Gasteiger partial charge in [-0.15, -0.1) is 0 Å². The van der Waals surface area contributed by atoms with Crippen molar-refractivity contribution in [2.45, 2.75) is 25.2 Å². The maximum absolute atomic E-state index is 12.3. The zero-order valence-electron chi connectivity index (χ0n) is 15.8. The summed E-state index contributed by atoms with van der Waals surface area (Å²) in [6.07, 6.45) is 0.882. The number of hydrogen-bond donors (Lipinski definition) is 1. The van der Waals surface area contributed by atoms with E-state index in [0.717, 1.165) is 37.2 Å². The number of rotatable bonds is 8. The molecule has 3 rings (SSSR count). The maximum Gasteiger partial charge on any atom is 0.215 e. The molecule has 1 fully saturated rings. The summed E-state index contributed by atoms with van der Waals surface area (Å²) in [6, 6.07) is 17.9. The van der Waals surface area contributed by atoms with Crippen LogP contribution in [0.25, 0.3) is 0 Å². The van der Waals surface area contributed by atoms with Crippen LogP contribution < -0.4 is 4.72 Å². The first kappa shape index (κ1) is 20.0. The molecular weight excluding hydrogens is 360 g/mol. The first-order chi connectivity index (χ1) is 13.0. The van der Waals surface area contributed by atoms with Gasteiger partial charge in [0, 0.05) is 19.6 Å². The highest BCUT2D eigenvalue weighted by Crippen LogP contribution is 2.21. The Bertz CT molecular complexity index is 824. The summed E-state index contributed by atoms with van der Waals surface area (Å²) in [4.78, 5) is 2.34. The topological polar surface area (TPSA) is 58.6 Å². The van der Waals surface area contributed by atoms with Crippen LogP contribution in [-0.4, -0.2) is 46.1 Å². The fraction of sp³-hybridized carbons (Fsp3) is 0.429. The molecule has 1 heterocycles. The van der Waals surface area contributed by atoms with Gasteiger partial charge in [-0.25, -0.2) is 13.1 Å². The van der Waals surface area contributed by atoms with Gasteiger partial charge in [0.1, 0.15) is 0 Å². The summed E-state index contributed by atoms with van der Waals surface area (Å²) >= 11 is 0. The lowest BCUT2D eigenvalue weighted by molar-refractivity contribution is -0.0300. The maximum atomic E-state index is 12.3. The largest absolute Gasteiger partial charge is 0.371 e. The Morgan fingerprint density at radius 2 is 1.96 bits per heavy atom. The van der Waals surface area contributed by atoms with Gasteiger partial charge in [-0.05, 0) is 31.0 Å². The third kappa shape index (κ3) is 6.43. The molecule has 1 unspecified atom stereocenters. The van der Waals surface area contributed by atoms with Gasteiger partial charge < -0.3 is 4.74 Å². The van der Waals surface area contributed by atoms with Crippen LogP contribution in [0.15, 0.2) is 54.6 Å². The summed E-state index contributed by atoms with van der Waals surface area (Å²) in [5, 5.41) is 0. The van der Waals surface area contributed by atoms with Crippen LogP contribution >= 0.6 is 0 Å². The third-order valence-electron chi connectivity index (χ3n) is 4.73. The molecule has 1 atom stereocenters. The molecule has 1 saturated heterocycles. The molecule has 6 heteroatoms. The molecule has 27 heavy (non-hydrogen) atoms. The molecule has 2 aromatic rings.